The molecule has 2 saturated carbocycles. The molecule has 6 unspecified atom stereocenters. The summed E-state index contributed by atoms with van der Waals surface area (Å²) in [5.41, 5.74) is 5.26. The topological polar surface area (TPSA) is 170 Å². The van der Waals surface area contributed by atoms with E-state index in [4.69, 9.17) is 43.1 Å². The van der Waals surface area contributed by atoms with E-state index < -0.39 is 78.8 Å². The normalized spacial score (nSPS) is 27.5. The van der Waals surface area contributed by atoms with Crippen molar-refractivity contribution in [2.24, 2.45) is 23.5 Å². The number of carbonyl (C=O) groups is 5. The molecule has 0 spiro atoms. The van der Waals surface area contributed by atoms with Crippen LogP contribution in [0.1, 0.15) is 26.3 Å². The van der Waals surface area contributed by atoms with Gasteiger partial charge in [-0.1, -0.05) is 29.3 Å². The van der Waals surface area contributed by atoms with E-state index >= 15 is 0 Å². The van der Waals surface area contributed by atoms with Crippen molar-refractivity contribution in [1.82, 2.24) is 5.32 Å². The summed E-state index contributed by atoms with van der Waals surface area (Å²) in [6.45, 7) is 2.12. The number of amides is 1. The molecule has 2 fully saturated rings. The minimum absolute atomic E-state index is 0.0746. The van der Waals surface area contributed by atoms with E-state index in [1.807, 2.05) is 0 Å². The van der Waals surface area contributed by atoms with Gasteiger partial charge >= 0.3 is 23.9 Å². The van der Waals surface area contributed by atoms with Crippen LogP contribution in [0.3, 0.4) is 0 Å². The van der Waals surface area contributed by atoms with Gasteiger partial charge in [-0.2, -0.15) is 0 Å². The summed E-state index contributed by atoms with van der Waals surface area (Å²) in [4.78, 5) is 60.1. The lowest BCUT2D eigenvalue weighted by Gasteiger charge is -2.36. The Bertz CT molecular complexity index is 1100. The molecule has 37 heavy (non-hydrogen) atoms. The first kappa shape index (κ1) is 28.6. The number of fused-ring (bicyclic) bond motifs is 1. The highest BCUT2D eigenvalue weighted by atomic mass is 35.5. The van der Waals surface area contributed by atoms with Gasteiger partial charge in [0.2, 0.25) is 19.5 Å². The molecule has 0 heterocycles. The minimum atomic E-state index is -1.95. The predicted molar refractivity (Wildman–Crippen MR) is 125 cm³/mol. The molecule has 1 aromatic rings. The molecule has 0 bridgehead atoms. The Morgan fingerprint density at radius 3 is 2.14 bits per heavy atom. The van der Waals surface area contributed by atoms with E-state index in [-0.39, 0.29) is 11.6 Å². The van der Waals surface area contributed by atoms with Crippen LogP contribution in [-0.2, 0) is 54.3 Å². The van der Waals surface area contributed by atoms with Crippen LogP contribution < -0.4 is 11.1 Å². The lowest BCUT2D eigenvalue weighted by molar-refractivity contribution is -0.176. The molecule has 1 aromatic carbocycles. The molecule has 0 saturated heterocycles. The molecule has 2 aliphatic rings. The van der Waals surface area contributed by atoms with Gasteiger partial charge in [-0.3, -0.25) is 19.2 Å². The van der Waals surface area contributed by atoms with Crippen LogP contribution >= 0.6 is 23.2 Å². The molecule has 12 nitrogen and oxygen atoms in total. The number of carbonyl (C=O) groups excluding carboxylic acids is 5. The van der Waals surface area contributed by atoms with Gasteiger partial charge in [-0.25, -0.2) is 4.79 Å². The first-order valence-electron chi connectivity index (χ1n) is 11.1. The number of benzene rings is 1. The molecule has 0 aliphatic heterocycles. The van der Waals surface area contributed by atoms with Crippen molar-refractivity contribution in [3.8, 4) is 0 Å². The highest BCUT2D eigenvalue weighted by Crippen LogP contribution is 2.63. The van der Waals surface area contributed by atoms with Crippen molar-refractivity contribution < 1.29 is 47.7 Å². The van der Waals surface area contributed by atoms with E-state index in [2.05, 4.69) is 14.8 Å². The zero-order valence-corrected chi connectivity index (χ0v) is 21.7. The number of ether oxygens (including phenoxy) is 5. The van der Waals surface area contributed by atoms with Crippen LogP contribution in [0, 0.1) is 17.8 Å². The standard InChI is InChI=1S/C23H26Cl2N2O10/c1-10(28)27-19-16-17(21(31)36-8-34-11(2)29)18(16)23(26,22(32)37-9-35-12(3)30)20(19)33-7-13-4-5-14(24)15(25)6-13/h4-6,16-20H,7-9,26H2,1-3H3,(H,27,28). The molecule has 0 radical (unpaired) electrons. The van der Waals surface area contributed by atoms with E-state index in [1.54, 1.807) is 18.2 Å². The fraction of sp³-hybridized carbons (Fsp3) is 0.522. The fourth-order valence-electron chi connectivity index (χ4n) is 4.66. The summed E-state index contributed by atoms with van der Waals surface area (Å²) in [6, 6.07) is 3.91. The van der Waals surface area contributed by atoms with Crippen molar-refractivity contribution in [3.63, 3.8) is 0 Å². The van der Waals surface area contributed by atoms with Gasteiger partial charge in [0, 0.05) is 32.6 Å². The van der Waals surface area contributed by atoms with E-state index in [9.17, 15) is 24.0 Å². The third-order valence-corrected chi connectivity index (χ3v) is 6.90. The Morgan fingerprint density at radius 1 is 0.946 bits per heavy atom. The fourth-order valence-corrected chi connectivity index (χ4v) is 4.98. The van der Waals surface area contributed by atoms with E-state index in [0.29, 0.717) is 10.6 Å². The van der Waals surface area contributed by atoms with Crippen LogP contribution in [0.2, 0.25) is 10.0 Å². The van der Waals surface area contributed by atoms with Crippen LogP contribution in [0.15, 0.2) is 18.2 Å². The Balaban J connectivity index is 1.87. The SMILES string of the molecule is CC(=O)NC1C2C(C(=O)OCOC(C)=O)C2C(N)(C(=O)OCOC(C)=O)C1OCc1ccc(Cl)c(Cl)c1. The summed E-state index contributed by atoms with van der Waals surface area (Å²) < 4.78 is 25.4. The van der Waals surface area contributed by atoms with Gasteiger partial charge in [0.15, 0.2) is 0 Å². The number of esters is 4. The third kappa shape index (κ3) is 6.32. The van der Waals surface area contributed by atoms with Crippen molar-refractivity contribution in [1.29, 1.82) is 0 Å². The highest BCUT2D eigenvalue weighted by molar-refractivity contribution is 6.42. The summed E-state index contributed by atoms with van der Waals surface area (Å²) in [7, 11) is 0. The second-order valence-electron chi connectivity index (χ2n) is 8.67. The average molecular weight is 561 g/mol. The van der Waals surface area contributed by atoms with Crippen molar-refractivity contribution >= 4 is 53.0 Å². The second kappa shape index (κ2) is 11.6. The molecular weight excluding hydrogens is 535 g/mol. The molecule has 0 aromatic heterocycles. The Labute approximate surface area is 221 Å². The number of hydrogen-bond acceptors (Lipinski definition) is 11. The number of halogens is 2. The Kier molecular flexibility index (Phi) is 9.00. The largest absolute Gasteiger partial charge is 0.428 e. The lowest BCUT2D eigenvalue weighted by Crippen LogP contribution is -2.64. The van der Waals surface area contributed by atoms with Gasteiger partial charge in [-0.05, 0) is 17.7 Å². The van der Waals surface area contributed by atoms with Crippen molar-refractivity contribution in [2.45, 2.75) is 45.1 Å². The zero-order chi connectivity index (χ0) is 27.5. The molecule has 14 heteroatoms. The maximum atomic E-state index is 13.2. The molecule has 6 atom stereocenters. The first-order valence-corrected chi connectivity index (χ1v) is 11.9. The molecule has 2 aliphatic carbocycles. The maximum Gasteiger partial charge on any atom is 0.332 e. The minimum Gasteiger partial charge on any atom is -0.428 e. The zero-order valence-electron chi connectivity index (χ0n) is 20.2. The van der Waals surface area contributed by atoms with Gasteiger partial charge in [0.05, 0.1) is 28.6 Å². The number of nitrogens with one attached hydrogen (secondary N) is 1. The van der Waals surface area contributed by atoms with Gasteiger partial charge in [-0.15, -0.1) is 0 Å². The second-order valence-corrected chi connectivity index (χ2v) is 9.49. The van der Waals surface area contributed by atoms with E-state index in [1.165, 1.54) is 6.92 Å². The summed E-state index contributed by atoms with van der Waals surface area (Å²) in [5.74, 6) is -6.03. The van der Waals surface area contributed by atoms with E-state index in [0.717, 1.165) is 13.8 Å². The predicted octanol–water partition coefficient (Wildman–Crippen LogP) is 1.08. The van der Waals surface area contributed by atoms with Crippen LogP contribution in [0.5, 0.6) is 0 Å². The summed E-state index contributed by atoms with van der Waals surface area (Å²) in [5, 5.41) is 3.32. The smallest absolute Gasteiger partial charge is 0.332 e. The maximum absolute atomic E-state index is 13.2. The van der Waals surface area contributed by atoms with Crippen LogP contribution in [0.25, 0.3) is 0 Å². The average Bonchev–Trinajstić information content (AvgIpc) is 3.50. The number of nitrogens with two attached hydrogens (primary N) is 1. The lowest BCUT2D eigenvalue weighted by atomic mass is 9.86. The van der Waals surface area contributed by atoms with Gasteiger partial charge in [0.1, 0.15) is 11.6 Å². The number of hydrogen-bond donors (Lipinski definition) is 2. The van der Waals surface area contributed by atoms with Gasteiger partial charge < -0.3 is 34.7 Å². The Hall–Kier alpha value is -2.93. The molecule has 3 N–H and O–H groups in total. The number of rotatable bonds is 10. The van der Waals surface area contributed by atoms with Gasteiger partial charge in [0.25, 0.3) is 0 Å². The summed E-state index contributed by atoms with van der Waals surface area (Å²) in [6.07, 6.45) is -1.15. The van der Waals surface area contributed by atoms with Crippen molar-refractivity contribution in [3.05, 3.63) is 33.8 Å². The molecule has 1 amide bonds. The quantitative estimate of drug-likeness (QED) is 0.310. The third-order valence-electron chi connectivity index (χ3n) is 6.16. The molecule has 3 rings (SSSR count). The van der Waals surface area contributed by atoms with Crippen molar-refractivity contribution in [2.75, 3.05) is 13.6 Å². The highest BCUT2D eigenvalue weighted by Gasteiger charge is 2.79. The first-order chi connectivity index (χ1) is 17.4. The summed E-state index contributed by atoms with van der Waals surface area (Å²) >= 11 is 12.0. The molecular formula is C23H26Cl2N2O10. The van der Waals surface area contributed by atoms with Crippen LogP contribution in [-0.4, -0.2) is 61.1 Å². The Morgan fingerprint density at radius 2 is 1.57 bits per heavy atom. The van der Waals surface area contributed by atoms with Crippen LogP contribution in [0.4, 0.5) is 0 Å². The monoisotopic (exact) mass is 560 g/mol. The molecule has 202 valence electrons.